The van der Waals surface area contributed by atoms with E-state index in [0.717, 1.165) is 16.5 Å². The summed E-state index contributed by atoms with van der Waals surface area (Å²) < 4.78 is 13.0. The molecule has 7 heteroatoms. The van der Waals surface area contributed by atoms with Crippen LogP contribution >= 0.6 is 12.2 Å². The number of fused-ring (bicyclic) bond motifs is 1. The summed E-state index contributed by atoms with van der Waals surface area (Å²) in [6.45, 7) is 0. The highest BCUT2D eigenvalue weighted by atomic mass is 32.1. The molecular formula is C23H17FN4OS. The van der Waals surface area contributed by atoms with Crippen molar-refractivity contribution in [1.82, 2.24) is 15.8 Å². The van der Waals surface area contributed by atoms with Gasteiger partial charge in [-0.05, 0) is 48.6 Å². The number of hydrazine groups is 1. The number of pyridine rings is 1. The Hall–Kier alpha value is -3.84. The summed E-state index contributed by atoms with van der Waals surface area (Å²) in [5.41, 5.74) is 8.69. The highest BCUT2D eigenvalue weighted by Crippen LogP contribution is 2.24. The van der Waals surface area contributed by atoms with E-state index in [1.54, 1.807) is 18.2 Å². The predicted molar refractivity (Wildman–Crippen MR) is 120 cm³/mol. The first-order valence-corrected chi connectivity index (χ1v) is 9.59. The number of para-hydroxylation sites is 1. The molecule has 0 saturated carbocycles. The van der Waals surface area contributed by atoms with Gasteiger partial charge in [-0.15, -0.1) is 0 Å². The van der Waals surface area contributed by atoms with Gasteiger partial charge in [-0.25, -0.2) is 9.37 Å². The number of benzene rings is 3. The van der Waals surface area contributed by atoms with Crippen molar-refractivity contribution < 1.29 is 9.18 Å². The molecule has 0 fully saturated rings. The molecule has 148 valence electrons. The number of nitrogens with one attached hydrogen (secondary N) is 3. The molecule has 1 heterocycles. The van der Waals surface area contributed by atoms with E-state index < -0.39 is 0 Å². The fraction of sp³-hybridized carbons (Fsp3) is 0. The lowest BCUT2D eigenvalue weighted by atomic mass is 10.0. The third-order valence-corrected chi connectivity index (χ3v) is 4.63. The molecule has 5 nitrogen and oxygen atoms in total. The topological polar surface area (TPSA) is 66.1 Å². The van der Waals surface area contributed by atoms with E-state index in [4.69, 9.17) is 12.2 Å². The molecule has 0 radical (unpaired) electrons. The molecule has 4 aromatic rings. The van der Waals surface area contributed by atoms with Gasteiger partial charge >= 0.3 is 0 Å². The van der Waals surface area contributed by atoms with Gasteiger partial charge in [-0.3, -0.25) is 15.6 Å². The van der Waals surface area contributed by atoms with Gasteiger partial charge in [0, 0.05) is 16.6 Å². The molecule has 0 atom stereocenters. The first-order chi connectivity index (χ1) is 14.6. The van der Waals surface area contributed by atoms with Crippen molar-refractivity contribution in [1.29, 1.82) is 0 Å². The number of anilines is 1. The minimum Gasteiger partial charge on any atom is -0.331 e. The van der Waals surface area contributed by atoms with E-state index in [2.05, 4.69) is 21.2 Å². The number of nitrogens with zero attached hydrogens (tertiary/aromatic N) is 1. The van der Waals surface area contributed by atoms with E-state index in [1.165, 1.54) is 12.1 Å². The highest BCUT2D eigenvalue weighted by molar-refractivity contribution is 7.80. The molecule has 1 aromatic heterocycles. The zero-order chi connectivity index (χ0) is 20.9. The monoisotopic (exact) mass is 416 g/mol. The molecule has 30 heavy (non-hydrogen) atoms. The molecule has 3 N–H and O–H groups in total. The number of amides is 1. The number of thiocarbonyl (C=S) groups is 1. The number of aromatic nitrogens is 1. The largest absolute Gasteiger partial charge is 0.331 e. The summed E-state index contributed by atoms with van der Waals surface area (Å²) in [6, 6.07) is 24.6. The standard InChI is InChI=1S/C23H17FN4OS/c24-16-10-12-17(13-11-16)25-23(30)28-27-22(29)19-14-21(15-6-2-1-3-7-15)26-20-9-5-4-8-18(19)20/h1-14H,(H,27,29)(H2,25,28,30). The van der Waals surface area contributed by atoms with Gasteiger partial charge < -0.3 is 5.32 Å². The first-order valence-electron chi connectivity index (χ1n) is 9.18. The van der Waals surface area contributed by atoms with Gasteiger partial charge in [0.25, 0.3) is 5.91 Å². The lowest BCUT2D eigenvalue weighted by Gasteiger charge is -2.13. The number of carbonyl (C=O) groups is 1. The zero-order valence-electron chi connectivity index (χ0n) is 15.7. The van der Waals surface area contributed by atoms with Gasteiger partial charge in [0.15, 0.2) is 5.11 Å². The molecular weight excluding hydrogens is 399 g/mol. The van der Waals surface area contributed by atoms with Crippen LogP contribution in [0.15, 0.2) is 84.9 Å². The maximum Gasteiger partial charge on any atom is 0.270 e. The molecule has 1 amide bonds. The van der Waals surface area contributed by atoms with Crippen molar-refractivity contribution in [2.75, 3.05) is 5.32 Å². The molecule has 0 unspecified atom stereocenters. The summed E-state index contributed by atoms with van der Waals surface area (Å²) in [5, 5.41) is 3.78. The van der Waals surface area contributed by atoms with Crippen LogP contribution in [0.25, 0.3) is 22.2 Å². The van der Waals surface area contributed by atoms with Gasteiger partial charge in [0.1, 0.15) is 5.82 Å². The molecule has 0 aliphatic rings. The van der Waals surface area contributed by atoms with Gasteiger partial charge in [-0.1, -0.05) is 48.5 Å². The Labute approximate surface area is 177 Å². The number of halogens is 1. The Morgan fingerprint density at radius 1 is 0.867 bits per heavy atom. The summed E-state index contributed by atoms with van der Waals surface area (Å²) in [5.74, 6) is -0.694. The summed E-state index contributed by atoms with van der Waals surface area (Å²) in [7, 11) is 0. The fourth-order valence-corrected chi connectivity index (χ4v) is 3.17. The Morgan fingerprint density at radius 2 is 1.57 bits per heavy atom. The summed E-state index contributed by atoms with van der Waals surface area (Å²) in [6.07, 6.45) is 0. The van der Waals surface area contributed by atoms with Crippen LogP contribution in [0.1, 0.15) is 10.4 Å². The van der Waals surface area contributed by atoms with Crippen LogP contribution in [0.2, 0.25) is 0 Å². The van der Waals surface area contributed by atoms with Crippen LogP contribution in [0, 0.1) is 5.82 Å². The van der Waals surface area contributed by atoms with Crippen molar-refractivity contribution in [3.63, 3.8) is 0 Å². The van der Waals surface area contributed by atoms with Crippen molar-refractivity contribution >= 4 is 39.8 Å². The first kappa shape index (κ1) is 19.5. The number of rotatable bonds is 3. The Kier molecular flexibility index (Phi) is 5.63. The molecule has 0 spiro atoms. The summed E-state index contributed by atoms with van der Waals surface area (Å²) >= 11 is 5.19. The highest BCUT2D eigenvalue weighted by Gasteiger charge is 2.14. The normalized spacial score (nSPS) is 10.4. The van der Waals surface area contributed by atoms with Crippen LogP contribution in [-0.4, -0.2) is 16.0 Å². The van der Waals surface area contributed by atoms with Crippen molar-refractivity contribution in [3.05, 3.63) is 96.3 Å². The molecule has 0 aliphatic heterocycles. The van der Waals surface area contributed by atoms with Gasteiger partial charge in [0.2, 0.25) is 0 Å². The van der Waals surface area contributed by atoms with E-state index in [9.17, 15) is 9.18 Å². The van der Waals surface area contributed by atoms with Crippen LogP contribution in [0.4, 0.5) is 10.1 Å². The van der Waals surface area contributed by atoms with Crippen molar-refractivity contribution in [3.8, 4) is 11.3 Å². The number of carbonyl (C=O) groups excluding carboxylic acids is 1. The second-order valence-corrected chi connectivity index (χ2v) is 6.89. The SMILES string of the molecule is O=C(NNC(=S)Nc1ccc(F)cc1)c1cc(-c2ccccc2)nc2ccccc12. The lowest BCUT2D eigenvalue weighted by molar-refractivity contribution is 0.0946. The predicted octanol–water partition coefficient (Wildman–Crippen LogP) is 4.67. The number of hydrogen-bond acceptors (Lipinski definition) is 3. The van der Waals surface area contributed by atoms with E-state index in [1.807, 2.05) is 54.6 Å². The van der Waals surface area contributed by atoms with Crippen LogP contribution in [0.5, 0.6) is 0 Å². The second-order valence-electron chi connectivity index (χ2n) is 6.48. The average molecular weight is 416 g/mol. The molecule has 3 aromatic carbocycles. The van der Waals surface area contributed by atoms with Crippen LogP contribution < -0.4 is 16.2 Å². The Morgan fingerprint density at radius 3 is 2.33 bits per heavy atom. The Balaban J connectivity index is 1.55. The summed E-state index contributed by atoms with van der Waals surface area (Å²) in [4.78, 5) is 17.6. The van der Waals surface area contributed by atoms with E-state index in [0.29, 0.717) is 16.9 Å². The third kappa shape index (κ3) is 4.42. The quantitative estimate of drug-likeness (QED) is 0.335. The molecule has 4 rings (SSSR count). The van der Waals surface area contributed by atoms with Crippen molar-refractivity contribution in [2.24, 2.45) is 0 Å². The zero-order valence-corrected chi connectivity index (χ0v) is 16.5. The van der Waals surface area contributed by atoms with E-state index in [-0.39, 0.29) is 16.8 Å². The maximum atomic E-state index is 13.0. The molecule has 0 saturated heterocycles. The third-order valence-electron chi connectivity index (χ3n) is 4.42. The molecule has 0 bridgehead atoms. The van der Waals surface area contributed by atoms with E-state index >= 15 is 0 Å². The average Bonchev–Trinajstić information content (AvgIpc) is 2.79. The fourth-order valence-electron chi connectivity index (χ4n) is 3.00. The minimum atomic E-state index is -0.353. The lowest BCUT2D eigenvalue weighted by Crippen LogP contribution is -2.43. The maximum absolute atomic E-state index is 13.0. The van der Waals surface area contributed by atoms with Crippen LogP contribution in [0.3, 0.4) is 0 Å². The second kappa shape index (κ2) is 8.67. The van der Waals surface area contributed by atoms with Gasteiger partial charge in [-0.2, -0.15) is 0 Å². The van der Waals surface area contributed by atoms with Gasteiger partial charge in [0.05, 0.1) is 16.8 Å². The van der Waals surface area contributed by atoms with Crippen molar-refractivity contribution in [2.45, 2.75) is 0 Å². The Bertz CT molecular complexity index is 1210. The molecule has 0 aliphatic carbocycles. The smallest absolute Gasteiger partial charge is 0.270 e. The van der Waals surface area contributed by atoms with Crippen LogP contribution in [-0.2, 0) is 0 Å². The minimum absolute atomic E-state index is 0.177. The number of hydrogen-bond donors (Lipinski definition) is 3.